The third-order valence-corrected chi connectivity index (χ3v) is 1.92. The number of nitrogens with two attached hydrogens (primary N) is 2. The Labute approximate surface area is 83.5 Å². The molecule has 1 amide bonds. The predicted octanol–water partition coefficient (Wildman–Crippen LogP) is 0.429. The van der Waals surface area contributed by atoms with Gasteiger partial charge in [0.25, 0.3) is 0 Å². The molecule has 0 aromatic heterocycles. The van der Waals surface area contributed by atoms with Crippen molar-refractivity contribution in [1.82, 2.24) is 4.90 Å². The van der Waals surface area contributed by atoms with E-state index in [1.165, 1.54) is 0 Å². The minimum absolute atomic E-state index is 0.449. The molecule has 4 N–H and O–H groups in total. The standard InChI is InChI=1S/C10H15N3O/c1-13(2)6-8-4-3-7(10(12)14)5-9(8)11/h3-5H,6,11H2,1-2H3,(H2,12,14). The molecule has 14 heavy (non-hydrogen) atoms. The fourth-order valence-electron chi connectivity index (χ4n) is 1.23. The van der Waals surface area contributed by atoms with Crippen LogP contribution in [0.2, 0.25) is 0 Å². The molecule has 0 radical (unpaired) electrons. The Morgan fingerprint density at radius 1 is 1.43 bits per heavy atom. The van der Waals surface area contributed by atoms with E-state index in [0.29, 0.717) is 11.3 Å². The molecule has 0 spiro atoms. The SMILES string of the molecule is CN(C)Cc1ccc(C(N)=O)cc1N. The molecule has 0 atom stereocenters. The lowest BCUT2D eigenvalue weighted by molar-refractivity contribution is 0.100. The molecule has 1 rings (SSSR count). The number of anilines is 1. The zero-order valence-corrected chi connectivity index (χ0v) is 8.45. The molecule has 0 saturated heterocycles. The first kappa shape index (κ1) is 10.5. The predicted molar refractivity (Wildman–Crippen MR) is 56.8 cm³/mol. The number of carbonyl (C=O) groups excluding carboxylic acids is 1. The molecule has 0 unspecified atom stereocenters. The van der Waals surface area contributed by atoms with Gasteiger partial charge in [-0.15, -0.1) is 0 Å². The van der Waals surface area contributed by atoms with Crippen LogP contribution < -0.4 is 11.5 Å². The molecule has 0 fully saturated rings. The number of nitrogen functional groups attached to an aromatic ring is 1. The second-order valence-electron chi connectivity index (χ2n) is 3.52. The van der Waals surface area contributed by atoms with Gasteiger partial charge in [0.2, 0.25) is 5.91 Å². The van der Waals surface area contributed by atoms with Gasteiger partial charge in [-0.05, 0) is 31.8 Å². The number of rotatable bonds is 3. The number of nitrogens with zero attached hydrogens (tertiary/aromatic N) is 1. The van der Waals surface area contributed by atoms with E-state index in [0.717, 1.165) is 12.1 Å². The van der Waals surface area contributed by atoms with Crippen LogP contribution in [0, 0.1) is 0 Å². The van der Waals surface area contributed by atoms with Crippen LogP contribution in [0.1, 0.15) is 15.9 Å². The molecular formula is C10H15N3O. The van der Waals surface area contributed by atoms with Gasteiger partial charge in [0.15, 0.2) is 0 Å². The van der Waals surface area contributed by atoms with Crippen molar-refractivity contribution in [1.29, 1.82) is 0 Å². The lowest BCUT2D eigenvalue weighted by atomic mass is 10.1. The molecule has 0 heterocycles. The third-order valence-electron chi connectivity index (χ3n) is 1.92. The Kier molecular flexibility index (Phi) is 3.09. The molecule has 1 aromatic rings. The molecule has 0 aliphatic heterocycles. The van der Waals surface area contributed by atoms with Crippen molar-refractivity contribution >= 4 is 11.6 Å². The highest BCUT2D eigenvalue weighted by Crippen LogP contribution is 2.15. The summed E-state index contributed by atoms with van der Waals surface area (Å²) in [4.78, 5) is 12.9. The Hall–Kier alpha value is -1.55. The first-order valence-electron chi connectivity index (χ1n) is 4.33. The lowest BCUT2D eigenvalue weighted by Crippen LogP contribution is -2.14. The van der Waals surface area contributed by atoms with Crippen LogP contribution in [-0.2, 0) is 6.54 Å². The van der Waals surface area contributed by atoms with E-state index in [1.807, 2.05) is 25.1 Å². The van der Waals surface area contributed by atoms with Crippen molar-refractivity contribution in [2.24, 2.45) is 5.73 Å². The summed E-state index contributed by atoms with van der Waals surface area (Å²) in [5.74, 6) is -0.451. The van der Waals surface area contributed by atoms with Gasteiger partial charge in [-0.3, -0.25) is 4.79 Å². The summed E-state index contributed by atoms with van der Waals surface area (Å²) in [6.45, 7) is 0.755. The molecule has 0 aliphatic carbocycles. The van der Waals surface area contributed by atoms with Crippen LogP contribution in [0.15, 0.2) is 18.2 Å². The maximum absolute atomic E-state index is 10.8. The van der Waals surface area contributed by atoms with Crippen LogP contribution >= 0.6 is 0 Å². The highest BCUT2D eigenvalue weighted by molar-refractivity contribution is 5.93. The Bertz CT molecular complexity index is 347. The van der Waals surface area contributed by atoms with Gasteiger partial charge in [-0.1, -0.05) is 6.07 Å². The second kappa shape index (κ2) is 4.11. The first-order valence-corrected chi connectivity index (χ1v) is 4.33. The number of hydrogen-bond donors (Lipinski definition) is 2. The van der Waals surface area contributed by atoms with E-state index in [9.17, 15) is 4.79 Å². The summed E-state index contributed by atoms with van der Waals surface area (Å²) in [7, 11) is 3.92. The van der Waals surface area contributed by atoms with Crippen LogP contribution in [0.4, 0.5) is 5.69 Å². The van der Waals surface area contributed by atoms with Gasteiger partial charge in [0.1, 0.15) is 0 Å². The molecule has 0 saturated carbocycles. The zero-order chi connectivity index (χ0) is 10.7. The Morgan fingerprint density at radius 2 is 2.07 bits per heavy atom. The third kappa shape index (κ3) is 2.47. The van der Waals surface area contributed by atoms with E-state index >= 15 is 0 Å². The second-order valence-corrected chi connectivity index (χ2v) is 3.52. The van der Waals surface area contributed by atoms with Crippen LogP contribution in [0.5, 0.6) is 0 Å². The van der Waals surface area contributed by atoms with Crippen molar-refractivity contribution in [2.75, 3.05) is 19.8 Å². The highest BCUT2D eigenvalue weighted by atomic mass is 16.1. The highest BCUT2D eigenvalue weighted by Gasteiger charge is 2.05. The van der Waals surface area contributed by atoms with Gasteiger partial charge in [0.05, 0.1) is 0 Å². The Balaban J connectivity index is 2.95. The average molecular weight is 193 g/mol. The van der Waals surface area contributed by atoms with Crippen molar-refractivity contribution < 1.29 is 4.79 Å². The summed E-state index contributed by atoms with van der Waals surface area (Å²) in [5.41, 5.74) is 13.0. The van der Waals surface area contributed by atoms with Crippen LogP contribution in [0.25, 0.3) is 0 Å². The summed E-state index contributed by atoms with van der Waals surface area (Å²) in [6, 6.07) is 5.13. The maximum atomic E-state index is 10.8. The molecule has 4 nitrogen and oxygen atoms in total. The molecule has 4 heteroatoms. The minimum atomic E-state index is -0.451. The summed E-state index contributed by atoms with van der Waals surface area (Å²) in [6.07, 6.45) is 0. The van der Waals surface area contributed by atoms with Crippen molar-refractivity contribution in [3.8, 4) is 0 Å². The number of carbonyl (C=O) groups is 1. The average Bonchev–Trinajstić information content (AvgIpc) is 2.07. The van der Waals surface area contributed by atoms with Crippen LogP contribution in [-0.4, -0.2) is 24.9 Å². The monoisotopic (exact) mass is 193 g/mol. The molecule has 0 aliphatic rings. The van der Waals surface area contributed by atoms with Crippen molar-refractivity contribution in [2.45, 2.75) is 6.54 Å². The van der Waals surface area contributed by atoms with Gasteiger partial charge >= 0.3 is 0 Å². The normalized spacial score (nSPS) is 10.5. The van der Waals surface area contributed by atoms with Crippen molar-refractivity contribution in [3.63, 3.8) is 0 Å². The number of benzene rings is 1. The van der Waals surface area contributed by atoms with E-state index in [2.05, 4.69) is 0 Å². The number of amides is 1. The summed E-state index contributed by atoms with van der Waals surface area (Å²) < 4.78 is 0. The van der Waals surface area contributed by atoms with Gasteiger partial charge in [0, 0.05) is 17.8 Å². The summed E-state index contributed by atoms with van der Waals surface area (Å²) >= 11 is 0. The largest absolute Gasteiger partial charge is 0.398 e. The molecular weight excluding hydrogens is 178 g/mol. The van der Waals surface area contributed by atoms with Crippen LogP contribution in [0.3, 0.4) is 0 Å². The Morgan fingerprint density at radius 3 is 2.50 bits per heavy atom. The molecule has 76 valence electrons. The minimum Gasteiger partial charge on any atom is -0.398 e. The van der Waals surface area contributed by atoms with E-state index < -0.39 is 5.91 Å². The lowest BCUT2D eigenvalue weighted by Gasteiger charge is -2.12. The topological polar surface area (TPSA) is 72.3 Å². The van der Waals surface area contributed by atoms with Crippen molar-refractivity contribution in [3.05, 3.63) is 29.3 Å². The first-order chi connectivity index (χ1) is 6.50. The fraction of sp³-hybridized carbons (Fsp3) is 0.300. The van der Waals surface area contributed by atoms with E-state index in [-0.39, 0.29) is 0 Å². The number of hydrogen-bond acceptors (Lipinski definition) is 3. The quantitative estimate of drug-likeness (QED) is 0.684. The van der Waals surface area contributed by atoms with E-state index in [1.54, 1.807) is 12.1 Å². The zero-order valence-electron chi connectivity index (χ0n) is 8.45. The fourth-order valence-corrected chi connectivity index (χ4v) is 1.23. The summed E-state index contributed by atoms with van der Waals surface area (Å²) in [5, 5.41) is 0. The van der Waals surface area contributed by atoms with Gasteiger partial charge < -0.3 is 16.4 Å². The van der Waals surface area contributed by atoms with Gasteiger partial charge in [-0.2, -0.15) is 0 Å². The van der Waals surface area contributed by atoms with E-state index in [4.69, 9.17) is 11.5 Å². The molecule has 1 aromatic carbocycles. The maximum Gasteiger partial charge on any atom is 0.248 e. The molecule has 0 bridgehead atoms. The smallest absolute Gasteiger partial charge is 0.248 e. The number of primary amides is 1. The van der Waals surface area contributed by atoms with Gasteiger partial charge in [-0.25, -0.2) is 0 Å².